The number of hydrogen-bond acceptors (Lipinski definition) is 2. The maximum absolute atomic E-state index is 10.8. The molecule has 0 aromatic heterocycles. The van der Waals surface area contributed by atoms with Gasteiger partial charge >= 0.3 is 7.25 Å². The minimum atomic E-state index is -6.00. The molecule has 1 heterocycles. The fraction of sp³-hybridized carbons (Fsp3) is 0.333. The van der Waals surface area contributed by atoms with Crippen molar-refractivity contribution in [2.45, 2.75) is 19.3 Å². The van der Waals surface area contributed by atoms with Crippen molar-refractivity contribution in [3.63, 3.8) is 0 Å². The molecule has 0 saturated heterocycles. The maximum atomic E-state index is 10.8. The number of likely N-dealkylation sites (N-methyl/N-ethyl adjacent to an activating group) is 1. The van der Waals surface area contributed by atoms with Gasteiger partial charge in [0, 0.05) is 23.8 Å². The SMILES string of the molecule is C=C1[NH+](C)c2ccc([N+](=O)[O-])cc2C1(C)C.F[B-](F)(F)F. The number of nitrogens with zero attached hydrogens (tertiary/aromatic N) is 1. The second kappa shape index (κ2) is 5.47. The van der Waals surface area contributed by atoms with Crippen molar-refractivity contribution in [2.75, 3.05) is 7.05 Å². The molecule has 116 valence electrons. The van der Waals surface area contributed by atoms with Gasteiger partial charge in [0.2, 0.25) is 0 Å². The minimum absolute atomic E-state index is 0.148. The molecule has 1 atom stereocenters. The van der Waals surface area contributed by atoms with Gasteiger partial charge in [-0.1, -0.05) is 0 Å². The van der Waals surface area contributed by atoms with E-state index in [4.69, 9.17) is 0 Å². The maximum Gasteiger partial charge on any atom is 0.673 e. The third kappa shape index (κ3) is 3.81. The number of halogens is 4. The van der Waals surface area contributed by atoms with Crippen molar-refractivity contribution in [3.05, 3.63) is 46.2 Å². The number of rotatable bonds is 1. The molecule has 0 amide bonds. The molecule has 4 nitrogen and oxygen atoms in total. The fourth-order valence-corrected chi connectivity index (χ4v) is 2.28. The van der Waals surface area contributed by atoms with Gasteiger partial charge in [-0.25, -0.2) is 0 Å². The van der Waals surface area contributed by atoms with Crippen LogP contribution < -0.4 is 4.90 Å². The Bertz CT molecular complexity index is 581. The highest BCUT2D eigenvalue weighted by molar-refractivity contribution is 6.50. The Balaban J connectivity index is 0.000000383. The van der Waals surface area contributed by atoms with Crippen molar-refractivity contribution >= 4 is 18.6 Å². The van der Waals surface area contributed by atoms with Gasteiger partial charge in [-0.05, 0) is 20.4 Å². The van der Waals surface area contributed by atoms with E-state index in [0.717, 1.165) is 21.8 Å². The van der Waals surface area contributed by atoms with Crippen LogP contribution in [0.1, 0.15) is 19.4 Å². The Morgan fingerprint density at radius 3 is 2.19 bits per heavy atom. The lowest BCUT2D eigenvalue weighted by Crippen LogP contribution is -3.01. The lowest BCUT2D eigenvalue weighted by Gasteiger charge is -2.17. The molecule has 0 bridgehead atoms. The first-order chi connectivity index (χ1) is 9.35. The van der Waals surface area contributed by atoms with Gasteiger partial charge < -0.3 is 17.3 Å². The highest BCUT2D eigenvalue weighted by atomic mass is 19.5. The summed E-state index contributed by atoms with van der Waals surface area (Å²) >= 11 is 0. The molecule has 0 radical (unpaired) electrons. The van der Waals surface area contributed by atoms with Gasteiger partial charge in [0.05, 0.1) is 17.4 Å². The lowest BCUT2D eigenvalue weighted by molar-refractivity contribution is -0.764. The van der Waals surface area contributed by atoms with Crippen molar-refractivity contribution in [1.29, 1.82) is 0 Å². The number of hydrogen-bond donors (Lipinski definition) is 1. The van der Waals surface area contributed by atoms with Gasteiger partial charge in [-0.3, -0.25) is 15.0 Å². The normalized spacial score (nSPS) is 19.6. The number of quaternary nitrogens is 1. The van der Waals surface area contributed by atoms with Gasteiger partial charge in [0.25, 0.3) is 5.69 Å². The molecular formula is C12H15BF4N2O2. The van der Waals surface area contributed by atoms with Crippen LogP contribution in [0.5, 0.6) is 0 Å². The summed E-state index contributed by atoms with van der Waals surface area (Å²) in [5.41, 5.74) is 3.08. The van der Waals surface area contributed by atoms with Crippen LogP contribution in [-0.2, 0) is 5.41 Å². The molecule has 1 aromatic carbocycles. The average Bonchev–Trinajstić information content (AvgIpc) is 2.49. The van der Waals surface area contributed by atoms with Crippen LogP contribution in [0.4, 0.5) is 28.6 Å². The molecule has 21 heavy (non-hydrogen) atoms. The third-order valence-corrected chi connectivity index (χ3v) is 3.50. The van der Waals surface area contributed by atoms with E-state index in [-0.39, 0.29) is 16.0 Å². The van der Waals surface area contributed by atoms with E-state index < -0.39 is 7.25 Å². The van der Waals surface area contributed by atoms with Crippen LogP contribution >= 0.6 is 0 Å². The molecule has 0 aliphatic carbocycles. The topological polar surface area (TPSA) is 47.6 Å². The van der Waals surface area contributed by atoms with Crippen molar-refractivity contribution in [2.24, 2.45) is 0 Å². The lowest BCUT2D eigenvalue weighted by atomic mass is 9.84. The Kier molecular flexibility index (Phi) is 4.47. The van der Waals surface area contributed by atoms with Gasteiger partial charge in [0.15, 0.2) is 0 Å². The average molecular weight is 306 g/mol. The van der Waals surface area contributed by atoms with Crippen LogP contribution in [0.25, 0.3) is 0 Å². The number of allylic oxidation sites excluding steroid dienone is 1. The molecular weight excluding hydrogens is 291 g/mol. The molecule has 1 aromatic rings. The Morgan fingerprint density at radius 2 is 1.76 bits per heavy atom. The predicted octanol–water partition coefficient (Wildman–Crippen LogP) is 2.85. The molecule has 0 saturated carbocycles. The summed E-state index contributed by atoms with van der Waals surface area (Å²) in [6, 6.07) is 5.04. The first-order valence-corrected chi connectivity index (χ1v) is 6.05. The Hall–Kier alpha value is -1.90. The number of nitro groups is 1. The highest BCUT2D eigenvalue weighted by Crippen LogP contribution is 2.38. The fourth-order valence-electron chi connectivity index (χ4n) is 2.28. The first-order valence-electron chi connectivity index (χ1n) is 6.05. The number of nitrogens with one attached hydrogen (secondary N) is 1. The largest absolute Gasteiger partial charge is 0.673 e. The number of non-ortho nitro benzene ring substituents is 1. The molecule has 2 rings (SSSR count). The molecule has 1 aliphatic rings. The molecule has 1 N–H and O–H groups in total. The summed E-state index contributed by atoms with van der Waals surface area (Å²) in [5.74, 6) is 0. The van der Waals surface area contributed by atoms with E-state index in [2.05, 4.69) is 6.58 Å². The summed E-state index contributed by atoms with van der Waals surface area (Å²) < 4.78 is 39.0. The van der Waals surface area contributed by atoms with Crippen molar-refractivity contribution in [3.8, 4) is 0 Å². The van der Waals surface area contributed by atoms with Crippen molar-refractivity contribution < 1.29 is 27.1 Å². The van der Waals surface area contributed by atoms with E-state index in [9.17, 15) is 27.4 Å². The van der Waals surface area contributed by atoms with Crippen molar-refractivity contribution in [1.82, 2.24) is 0 Å². The summed E-state index contributed by atoms with van der Waals surface area (Å²) in [6.07, 6.45) is 0. The minimum Gasteiger partial charge on any atom is -0.418 e. The second-order valence-corrected chi connectivity index (χ2v) is 5.21. The van der Waals surface area contributed by atoms with Gasteiger partial charge in [0.1, 0.15) is 11.4 Å². The zero-order chi connectivity index (χ0) is 16.6. The zero-order valence-electron chi connectivity index (χ0n) is 11.8. The standard InChI is InChI=1S/C12H14N2O2.BF4/c1-8-12(2,3)10-7-9(14(15)16)5-6-11(10)13(8)4;2-1(3,4)5/h5-7H,1H2,2-4H3;/q;-1/p+1. The van der Waals surface area contributed by atoms with E-state index >= 15 is 0 Å². The molecule has 1 aliphatic heterocycles. The van der Waals surface area contributed by atoms with E-state index in [0.29, 0.717) is 0 Å². The Labute approximate surface area is 119 Å². The number of nitro benzene ring substituents is 1. The van der Waals surface area contributed by atoms with E-state index in [1.165, 1.54) is 0 Å². The summed E-state index contributed by atoms with van der Waals surface area (Å²) in [7, 11) is -3.98. The molecule has 0 fully saturated rings. The number of benzene rings is 1. The van der Waals surface area contributed by atoms with Crippen LogP contribution in [-0.4, -0.2) is 19.2 Å². The van der Waals surface area contributed by atoms with Crippen LogP contribution in [0.2, 0.25) is 0 Å². The van der Waals surface area contributed by atoms with Gasteiger partial charge in [-0.2, -0.15) is 0 Å². The summed E-state index contributed by atoms with van der Waals surface area (Å²) in [5, 5.41) is 10.8. The second-order valence-electron chi connectivity index (χ2n) is 5.21. The molecule has 9 heteroatoms. The van der Waals surface area contributed by atoms with E-state index in [1.54, 1.807) is 12.1 Å². The number of fused-ring (bicyclic) bond motifs is 1. The molecule has 0 spiro atoms. The Morgan fingerprint density at radius 1 is 1.29 bits per heavy atom. The summed E-state index contributed by atoms with van der Waals surface area (Å²) in [6.45, 7) is 8.17. The quantitative estimate of drug-likeness (QED) is 0.375. The zero-order valence-corrected chi connectivity index (χ0v) is 11.8. The summed E-state index contributed by atoms with van der Waals surface area (Å²) in [4.78, 5) is 11.5. The predicted molar refractivity (Wildman–Crippen MR) is 72.0 cm³/mol. The molecule has 1 unspecified atom stereocenters. The van der Waals surface area contributed by atoms with Gasteiger partial charge in [-0.15, -0.1) is 0 Å². The van der Waals surface area contributed by atoms with Crippen LogP contribution in [0.15, 0.2) is 30.5 Å². The van der Waals surface area contributed by atoms with E-state index in [1.807, 2.05) is 27.0 Å². The third-order valence-electron chi connectivity index (χ3n) is 3.50. The monoisotopic (exact) mass is 306 g/mol. The highest BCUT2D eigenvalue weighted by Gasteiger charge is 2.43. The first kappa shape index (κ1) is 17.2. The van der Waals surface area contributed by atoms with Crippen LogP contribution in [0.3, 0.4) is 0 Å². The smallest absolute Gasteiger partial charge is 0.418 e. The van der Waals surface area contributed by atoms with Crippen LogP contribution in [0, 0.1) is 10.1 Å².